The molecule has 0 fully saturated rings. The molecule has 4 unspecified atom stereocenters. The summed E-state index contributed by atoms with van der Waals surface area (Å²) in [4.78, 5) is 29.8. The maximum atomic E-state index is 13.9. The molecule has 0 radical (unpaired) electrons. The molecule has 0 aliphatic carbocycles. The third-order valence-corrected chi connectivity index (χ3v) is 6.71. The first-order valence-electron chi connectivity index (χ1n) is 12.6. The highest BCUT2D eigenvalue weighted by Gasteiger charge is 2.39. The van der Waals surface area contributed by atoms with Crippen LogP contribution in [-0.4, -0.2) is 59.9 Å². The van der Waals surface area contributed by atoms with Gasteiger partial charge in [-0.25, -0.2) is 21.9 Å². The van der Waals surface area contributed by atoms with Crippen molar-refractivity contribution in [3.63, 3.8) is 0 Å². The van der Waals surface area contributed by atoms with Crippen LogP contribution in [0.3, 0.4) is 0 Å². The van der Waals surface area contributed by atoms with Gasteiger partial charge in [-0.1, -0.05) is 44.2 Å². The second kappa shape index (κ2) is 13.7. The lowest BCUT2D eigenvalue weighted by Crippen LogP contribution is -2.55. The Hall–Kier alpha value is -3.88. The van der Waals surface area contributed by atoms with E-state index in [1.54, 1.807) is 38.1 Å². The number of hydrogen-bond acceptors (Lipinski definition) is 8. The van der Waals surface area contributed by atoms with Crippen LogP contribution >= 0.6 is 0 Å². The van der Waals surface area contributed by atoms with Crippen LogP contribution < -0.4 is 15.4 Å². The van der Waals surface area contributed by atoms with Gasteiger partial charge in [0.2, 0.25) is 15.9 Å². The summed E-state index contributed by atoms with van der Waals surface area (Å²) in [6, 6.07) is 9.83. The smallest absolute Gasteiger partial charge is 0.309 e. The number of carbonyl (C=O) groups excluding carboxylic acids is 2. The number of benzene rings is 2. The Kier molecular flexibility index (Phi) is 10.5. The van der Waals surface area contributed by atoms with E-state index in [0.717, 1.165) is 30.2 Å². The standard InChI is InChI=1S/C27H32F2N4O7S/c1-15(2)22(26(37)30-13-16-7-5-4-6-8-16)24(35)23(34)20(11-17-9-18(28)12-19(29)10-17)31-25(36)21-14-40-27(32-21)33-41(3,38)39/h4-10,12,14-15,20,22-24,34-35H,11,13H2,1-3H3,(H,30,37)(H,31,36)(H,32,33). The zero-order valence-electron chi connectivity index (χ0n) is 22.5. The van der Waals surface area contributed by atoms with Gasteiger partial charge in [0.15, 0.2) is 5.69 Å². The fourth-order valence-corrected chi connectivity index (χ4v) is 4.68. The lowest BCUT2D eigenvalue weighted by atomic mass is 9.83. The van der Waals surface area contributed by atoms with Gasteiger partial charge in [-0.2, -0.15) is 4.98 Å². The fourth-order valence-electron chi connectivity index (χ4n) is 4.27. The Bertz CT molecular complexity index is 1430. The molecule has 2 aromatic carbocycles. The second-order valence-corrected chi connectivity index (χ2v) is 11.7. The molecule has 2 amide bonds. The van der Waals surface area contributed by atoms with Crippen molar-refractivity contribution in [2.24, 2.45) is 11.8 Å². The number of rotatable bonds is 13. The Morgan fingerprint density at radius 1 is 1.00 bits per heavy atom. The number of oxazole rings is 1. The third-order valence-electron chi connectivity index (χ3n) is 6.16. The highest BCUT2D eigenvalue weighted by Crippen LogP contribution is 2.23. The van der Waals surface area contributed by atoms with Gasteiger partial charge in [-0.05, 0) is 35.6 Å². The molecule has 3 rings (SSSR count). The number of nitrogens with zero attached hydrogens (tertiary/aromatic N) is 1. The number of amides is 2. The summed E-state index contributed by atoms with van der Waals surface area (Å²) in [6.45, 7) is 3.51. The van der Waals surface area contributed by atoms with Gasteiger partial charge < -0.3 is 25.3 Å². The minimum Gasteiger partial charge on any atom is -0.431 e. The summed E-state index contributed by atoms with van der Waals surface area (Å²) in [5, 5.41) is 27.6. The predicted molar refractivity (Wildman–Crippen MR) is 145 cm³/mol. The van der Waals surface area contributed by atoms with E-state index in [1.807, 2.05) is 10.8 Å². The summed E-state index contributed by atoms with van der Waals surface area (Å²) in [5.41, 5.74) is 0.483. The Morgan fingerprint density at radius 2 is 1.63 bits per heavy atom. The minimum absolute atomic E-state index is 0.0493. The van der Waals surface area contributed by atoms with E-state index in [1.165, 1.54) is 0 Å². The van der Waals surface area contributed by atoms with E-state index in [4.69, 9.17) is 4.42 Å². The quantitative estimate of drug-likeness (QED) is 0.200. The van der Waals surface area contributed by atoms with E-state index in [0.29, 0.717) is 6.07 Å². The molecule has 0 saturated heterocycles. The van der Waals surface area contributed by atoms with Crippen molar-refractivity contribution in [2.75, 3.05) is 11.0 Å². The summed E-state index contributed by atoms with van der Waals surface area (Å²) >= 11 is 0. The molecule has 0 bridgehead atoms. The van der Waals surface area contributed by atoms with Gasteiger partial charge in [-0.3, -0.25) is 9.59 Å². The Labute approximate surface area is 236 Å². The molecule has 3 aromatic rings. The van der Waals surface area contributed by atoms with Gasteiger partial charge in [0.1, 0.15) is 24.0 Å². The SMILES string of the molecule is CC(C)C(C(=O)NCc1ccccc1)C(O)C(O)C(Cc1cc(F)cc(F)c1)NC(=O)c1coc(NS(C)(=O)=O)n1. The number of halogens is 2. The fraction of sp³-hybridized carbons (Fsp3) is 0.370. The molecule has 41 heavy (non-hydrogen) atoms. The normalized spacial score (nSPS) is 14.6. The van der Waals surface area contributed by atoms with Crippen molar-refractivity contribution in [3.05, 3.63) is 83.2 Å². The molecule has 11 nitrogen and oxygen atoms in total. The van der Waals surface area contributed by atoms with Crippen LogP contribution in [0.5, 0.6) is 0 Å². The van der Waals surface area contributed by atoms with Gasteiger partial charge in [0.25, 0.3) is 5.91 Å². The van der Waals surface area contributed by atoms with Gasteiger partial charge >= 0.3 is 6.01 Å². The first-order chi connectivity index (χ1) is 19.2. The first-order valence-corrected chi connectivity index (χ1v) is 14.5. The lowest BCUT2D eigenvalue weighted by molar-refractivity contribution is -0.135. The number of nitrogens with one attached hydrogen (secondary N) is 3. The van der Waals surface area contributed by atoms with Crippen LogP contribution in [0.15, 0.2) is 59.2 Å². The molecule has 0 aliphatic heterocycles. The summed E-state index contributed by atoms with van der Waals surface area (Å²) in [6.07, 6.45) is -2.14. The van der Waals surface area contributed by atoms with Crippen molar-refractivity contribution in [1.82, 2.24) is 15.6 Å². The first kappa shape index (κ1) is 31.6. The van der Waals surface area contributed by atoms with Crippen LogP contribution in [0.25, 0.3) is 0 Å². The topological polar surface area (TPSA) is 171 Å². The van der Waals surface area contributed by atoms with E-state index < -0.39 is 69.6 Å². The molecule has 4 atom stereocenters. The lowest BCUT2D eigenvalue weighted by Gasteiger charge is -2.33. The van der Waals surface area contributed by atoms with Crippen molar-refractivity contribution < 1.29 is 41.4 Å². The monoisotopic (exact) mass is 594 g/mol. The average molecular weight is 595 g/mol. The highest BCUT2D eigenvalue weighted by atomic mass is 32.2. The van der Waals surface area contributed by atoms with Crippen LogP contribution in [0, 0.1) is 23.5 Å². The number of hydrogen-bond donors (Lipinski definition) is 5. The van der Waals surface area contributed by atoms with E-state index in [2.05, 4.69) is 15.6 Å². The molecule has 0 saturated carbocycles. The maximum absolute atomic E-state index is 13.9. The molecule has 5 N–H and O–H groups in total. The number of aliphatic hydroxyl groups is 2. The largest absolute Gasteiger partial charge is 0.431 e. The molecule has 222 valence electrons. The van der Waals surface area contributed by atoms with Gasteiger partial charge in [0, 0.05) is 12.6 Å². The minimum atomic E-state index is -3.75. The average Bonchev–Trinajstić information content (AvgIpc) is 3.33. The van der Waals surface area contributed by atoms with E-state index in [-0.39, 0.29) is 24.2 Å². The van der Waals surface area contributed by atoms with Crippen LogP contribution in [0.2, 0.25) is 0 Å². The zero-order chi connectivity index (χ0) is 30.3. The van der Waals surface area contributed by atoms with Crippen molar-refractivity contribution in [3.8, 4) is 0 Å². The Balaban J connectivity index is 1.84. The Morgan fingerprint density at radius 3 is 2.22 bits per heavy atom. The van der Waals surface area contributed by atoms with Gasteiger partial charge in [0.05, 0.1) is 24.3 Å². The van der Waals surface area contributed by atoms with E-state index >= 15 is 0 Å². The number of carbonyl (C=O) groups is 2. The number of anilines is 1. The molecule has 1 aromatic heterocycles. The predicted octanol–water partition coefficient (Wildman–Crippen LogP) is 1.98. The summed E-state index contributed by atoms with van der Waals surface area (Å²) in [5.74, 6) is -4.88. The molecule has 0 spiro atoms. The summed E-state index contributed by atoms with van der Waals surface area (Å²) in [7, 11) is -3.75. The van der Waals surface area contributed by atoms with Crippen molar-refractivity contribution in [1.29, 1.82) is 0 Å². The van der Waals surface area contributed by atoms with Crippen LogP contribution in [0.1, 0.15) is 35.5 Å². The molecular formula is C27H32F2N4O7S. The highest BCUT2D eigenvalue weighted by molar-refractivity contribution is 7.91. The summed E-state index contributed by atoms with van der Waals surface area (Å²) < 4.78 is 57.5. The second-order valence-electron chi connectivity index (χ2n) is 9.93. The van der Waals surface area contributed by atoms with Gasteiger partial charge in [-0.15, -0.1) is 0 Å². The maximum Gasteiger partial charge on any atom is 0.309 e. The van der Waals surface area contributed by atoms with E-state index in [9.17, 15) is 37.0 Å². The van der Waals surface area contributed by atoms with Crippen molar-refractivity contribution in [2.45, 2.75) is 45.1 Å². The van der Waals surface area contributed by atoms with Crippen LogP contribution in [0.4, 0.5) is 14.8 Å². The molecule has 0 aliphatic rings. The third kappa shape index (κ3) is 9.33. The number of sulfonamides is 1. The number of aliphatic hydroxyl groups excluding tert-OH is 2. The van der Waals surface area contributed by atoms with Crippen LogP contribution in [-0.2, 0) is 27.8 Å². The molecule has 14 heteroatoms. The number of aromatic nitrogens is 1. The zero-order valence-corrected chi connectivity index (χ0v) is 23.4. The molecular weight excluding hydrogens is 562 g/mol. The van der Waals surface area contributed by atoms with Crippen molar-refractivity contribution >= 4 is 27.9 Å². The molecule has 1 heterocycles.